The van der Waals surface area contributed by atoms with Crippen molar-refractivity contribution in [3.05, 3.63) is 0 Å². The van der Waals surface area contributed by atoms with Gasteiger partial charge in [-0.05, 0) is 7.05 Å². The van der Waals surface area contributed by atoms with Gasteiger partial charge < -0.3 is 15.7 Å². The summed E-state index contributed by atoms with van der Waals surface area (Å²) in [7, 11) is 3.15. The summed E-state index contributed by atoms with van der Waals surface area (Å²) in [5, 5.41) is 13.6. The summed E-state index contributed by atoms with van der Waals surface area (Å²) in [6, 6.07) is -0.477. The molecule has 4 nitrogen and oxygen atoms in total. The van der Waals surface area contributed by atoms with E-state index in [2.05, 4.69) is 10.6 Å². The van der Waals surface area contributed by atoms with Crippen LogP contribution in [-0.2, 0) is 4.79 Å². The van der Waals surface area contributed by atoms with Gasteiger partial charge in [-0.1, -0.05) is 0 Å². The first kappa shape index (κ1) is 8.39. The topological polar surface area (TPSA) is 61.4 Å². The molecule has 0 aliphatic rings. The quantitative estimate of drug-likeness (QED) is 0.429. The lowest BCUT2D eigenvalue weighted by Gasteiger charge is -2.09. The molecule has 1 amide bonds. The molecule has 54 valence electrons. The minimum Gasteiger partial charge on any atom is -0.394 e. The van der Waals surface area contributed by atoms with E-state index < -0.39 is 6.04 Å². The molecular formula is C5H12N2O2. The number of carbonyl (C=O) groups is 1. The van der Waals surface area contributed by atoms with Crippen LogP contribution in [0.15, 0.2) is 0 Å². The van der Waals surface area contributed by atoms with Crippen molar-refractivity contribution in [1.82, 2.24) is 10.6 Å². The minimum absolute atomic E-state index is 0.170. The van der Waals surface area contributed by atoms with Crippen LogP contribution in [0.1, 0.15) is 0 Å². The van der Waals surface area contributed by atoms with E-state index in [1.165, 1.54) is 7.05 Å². The Bertz CT molecular complexity index is 91.0. The molecule has 0 aromatic rings. The number of rotatable bonds is 3. The van der Waals surface area contributed by atoms with Crippen molar-refractivity contribution in [1.29, 1.82) is 0 Å². The molecule has 0 radical (unpaired) electrons. The van der Waals surface area contributed by atoms with Gasteiger partial charge in [0.15, 0.2) is 0 Å². The van der Waals surface area contributed by atoms with Crippen molar-refractivity contribution in [3.63, 3.8) is 0 Å². The molecule has 0 unspecified atom stereocenters. The van der Waals surface area contributed by atoms with Crippen LogP contribution >= 0.6 is 0 Å². The lowest BCUT2D eigenvalue weighted by Crippen LogP contribution is -2.43. The normalized spacial score (nSPS) is 12.8. The molecule has 1 atom stereocenters. The van der Waals surface area contributed by atoms with E-state index in [9.17, 15) is 4.79 Å². The predicted octanol–water partition coefficient (Wildman–Crippen LogP) is -1.69. The van der Waals surface area contributed by atoms with E-state index in [1.807, 2.05) is 0 Å². The highest BCUT2D eigenvalue weighted by atomic mass is 16.3. The summed E-state index contributed by atoms with van der Waals surface area (Å²) in [5.41, 5.74) is 0. The molecule has 0 aliphatic heterocycles. The largest absolute Gasteiger partial charge is 0.394 e. The van der Waals surface area contributed by atoms with E-state index in [1.54, 1.807) is 7.05 Å². The maximum absolute atomic E-state index is 10.6. The van der Waals surface area contributed by atoms with Gasteiger partial charge in [-0.25, -0.2) is 0 Å². The zero-order valence-electron chi connectivity index (χ0n) is 5.64. The summed E-state index contributed by atoms with van der Waals surface area (Å²) in [6.45, 7) is -0.170. The molecule has 0 fully saturated rings. The first-order valence-electron chi connectivity index (χ1n) is 2.76. The predicted molar refractivity (Wildman–Crippen MR) is 34.0 cm³/mol. The Morgan fingerprint density at radius 2 is 2.22 bits per heavy atom. The molecule has 0 aliphatic carbocycles. The van der Waals surface area contributed by atoms with E-state index >= 15 is 0 Å². The van der Waals surface area contributed by atoms with E-state index in [0.717, 1.165) is 0 Å². The summed E-state index contributed by atoms with van der Waals surface area (Å²) >= 11 is 0. The minimum atomic E-state index is -0.477. The first-order chi connectivity index (χ1) is 4.26. The molecule has 4 heteroatoms. The van der Waals surface area contributed by atoms with Crippen LogP contribution in [0.3, 0.4) is 0 Å². The van der Waals surface area contributed by atoms with Crippen LogP contribution in [-0.4, -0.2) is 37.8 Å². The number of aliphatic hydroxyl groups is 1. The van der Waals surface area contributed by atoms with E-state index in [0.29, 0.717) is 0 Å². The average molecular weight is 132 g/mol. The lowest BCUT2D eigenvalue weighted by atomic mass is 10.3. The summed E-state index contributed by atoms with van der Waals surface area (Å²) in [6.07, 6.45) is 0. The van der Waals surface area contributed by atoms with Gasteiger partial charge in [0.1, 0.15) is 6.04 Å². The van der Waals surface area contributed by atoms with Gasteiger partial charge in [0.2, 0.25) is 5.91 Å². The molecule has 0 saturated carbocycles. The molecule has 0 heterocycles. The van der Waals surface area contributed by atoms with Crippen LogP contribution in [0, 0.1) is 0 Å². The Morgan fingerprint density at radius 1 is 1.67 bits per heavy atom. The SMILES string of the molecule is CNC(=O)[C@H](CO)NC. The third-order valence-corrected chi connectivity index (χ3v) is 1.09. The standard InChI is InChI=1S/C5H12N2O2/c1-6-4(3-8)5(9)7-2/h4,6,8H,3H2,1-2H3,(H,7,9)/t4-/m0/s1. The van der Waals surface area contributed by atoms with Crippen molar-refractivity contribution >= 4 is 5.91 Å². The third-order valence-electron chi connectivity index (χ3n) is 1.09. The second-order valence-electron chi connectivity index (χ2n) is 1.64. The third kappa shape index (κ3) is 2.43. The van der Waals surface area contributed by atoms with Crippen LogP contribution in [0.4, 0.5) is 0 Å². The molecule has 0 bridgehead atoms. The Kier molecular flexibility index (Phi) is 4.00. The van der Waals surface area contributed by atoms with Crippen molar-refractivity contribution in [3.8, 4) is 0 Å². The molecular weight excluding hydrogens is 120 g/mol. The summed E-state index contributed by atoms with van der Waals surface area (Å²) in [5.74, 6) is -0.194. The van der Waals surface area contributed by atoms with Gasteiger partial charge in [-0.3, -0.25) is 4.79 Å². The van der Waals surface area contributed by atoms with Crippen molar-refractivity contribution in [2.24, 2.45) is 0 Å². The Morgan fingerprint density at radius 3 is 2.33 bits per heavy atom. The molecule has 0 spiro atoms. The van der Waals surface area contributed by atoms with Gasteiger partial charge in [-0.15, -0.1) is 0 Å². The Balaban J connectivity index is 3.64. The van der Waals surface area contributed by atoms with Crippen LogP contribution in [0.5, 0.6) is 0 Å². The Labute approximate surface area is 54.3 Å². The number of carbonyl (C=O) groups excluding carboxylic acids is 1. The molecule has 0 saturated heterocycles. The van der Waals surface area contributed by atoms with Crippen molar-refractivity contribution in [2.75, 3.05) is 20.7 Å². The average Bonchev–Trinajstić information content (AvgIpc) is 1.90. The Hall–Kier alpha value is -0.610. The number of hydrogen-bond acceptors (Lipinski definition) is 3. The summed E-state index contributed by atoms with van der Waals surface area (Å²) in [4.78, 5) is 10.6. The van der Waals surface area contributed by atoms with E-state index in [4.69, 9.17) is 5.11 Å². The van der Waals surface area contributed by atoms with Crippen molar-refractivity contribution in [2.45, 2.75) is 6.04 Å². The van der Waals surface area contributed by atoms with Gasteiger partial charge in [-0.2, -0.15) is 0 Å². The smallest absolute Gasteiger partial charge is 0.239 e. The zero-order valence-corrected chi connectivity index (χ0v) is 5.64. The second-order valence-corrected chi connectivity index (χ2v) is 1.64. The molecule has 0 aromatic heterocycles. The fraction of sp³-hybridized carbons (Fsp3) is 0.800. The molecule has 3 N–H and O–H groups in total. The van der Waals surface area contributed by atoms with Gasteiger partial charge in [0, 0.05) is 7.05 Å². The van der Waals surface area contributed by atoms with Crippen molar-refractivity contribution < 1.29 is 9.90 Å². The van der Waals surface area contributed by atoms with Gasteiger partial charge in [0.25, 0.3) is 0 Å². The molecule has 0 aromatic carbocycles. The zero-order chi connectivity index (χ0) is 7.28. The number of nitrogens with one attached hydrogen (secondary N) is 2. The highest BCUT2D eigenvalue weighted by Gasteiger charge is 2.11. The maximum Gasteiger partial charge on any atom is 0.239 e. The highest BCUT2D eigenvalue weighted by molar-refractivity contribution is 5.81. The fourth-order valence-electron chi connectivity index (χ4n) is 0.480. The highest BCUT2D eigenvalue weighted by Crippen LogP contribution is 1.77. The van der Waals surface area contributed by atoms with Crippen LogP contribution in [0.2, 0.25) is 0 Å². The first-order valence-corrected chi connectivity index (χ1v) is 2.76. The summed E-state index contributed by atoms with van der Waals surface area (Å²) < 4.78 is 0. The number of amides is 1. The molecule has 9 heavy (non-hydrogen) atoms. The fourth-order valence-corrected chi connectivity index (χ4v) is 0.480. The lowest BCUT2D eigenvalue weighted by molar-refractivity contribution is -0.123. The second kappa shape index (κ2) is 4.29. The van der Waals surface area contributed by atoms with Crippen LogP contribution < -0.4 is 10.6 Å². The van der Waals surface area contributed by atoms with E-state index in [-0.39, 0.29) is 12.5 Å². The monoisotopic (exact) mass is 132 g/mol. The molecule has 0 rings (SSSR count). The maximum atomic E-state index is 10.6. The van der Waals surface area contributed by atoms with Gasteiger partial charge >= 0.3 is 0 Å². The number of likely N-dealkylation sites (N-methyl/N-ethyl adjacent to an activating group) is 2. The van der Waals surface area contributed by atoms with Gasteiger partial charge in [0.05, 0.1) is 6.61 Å². The number of aliphatic hydroxyl groups excluding tert-OH is 1. The van der Waals surface area contributed by atoms with Crippen LogP contribution in [0.25, 0.3) is 0 Å². The number of hydrogen-bond donors (Lipinski definition) is 3.